The fourth-order valence-corrected chi connectivity index (χ4v) is 3.06. The van der Waals surface area contributed by atoms with Crippen LogP contribution in [0.15, 0.2) is 54.6 Å². The molecule has 1 N–H and O–H groups in total. The summed E-state index contributed by atoms with van der Waals surface area (Å²) in [6.07, 6.45) is 3.17. The lowest BCUT2D eigenvalue weighted by atomic mass is 10.0. The van der Waals surface area contributed by atoms with Gasteiger partial charge in [-0.15, -0.1) is 0 Å². The Kier molecular flexibility index (Phi) is 5.76. The molecule has 1 fully saturated rings. The summed E-state index contributed by atoms with van der Waals surface area (Å²) < 4.78 is 10.5. The van der Waals surface area contributed by atoms with Crippen molar-refractivity contribution in [2.75, 3.05) is 27.3 Å². The number of rotatable bonds is 5. The fourth-order valence-electron chi connectivity index (χ4n) is 3.06. The molecule has 0 aliphatic carbocycles. The van der Waals surface area contributed by atoms with Crippen LogP contribution in [-0.2, 0) is 9.59 Å². The Morgan fingerprint density at radius 2 is 1.78 bits per heavy atom. The van der Waals surface area contributed by atoms with Crippen LogP contribution in [0.5, 0.6) is 11.5 Å². The van der Waals surface area contributed by atoms with Gasteiger partial charge in [0.25, 0.3) is 0 Å². The van der Waals surface area contributed by atoms with E-state index in [9.17, 15) is 9.59 Å². The number of nitrogens with one attached hydrogen (secondary N) is 1. The van der Waals surface area contributed by atoms with Crippen LogP contribution in [0.4, 0.5) is 0 Å². The lowest BCUT2D eigenvalue weighted by Crippen LogP contribution is -2.51. The van der Waals surface area contributed by atoms with Gasteiger partial charge in [-0.25, -0.2) is 0 Å². The largest absolute Gasteiger partial charge is 0.497 e. The Bertz CT molecular complexity index is 826. The van der Waals surface area contributed by atoms with Crippen molar-refractivity contribution in [2.45, 2.75) is 6.04 Å². The van der Waals surface area contributed by atoms with Crippen LogP contribution in [0.1, 0.15) is 17.2 Å². The molecule has 1 saturated heterocycles. The topological polar surface area (TPSA) is 67.9 Å². The number of nitrogens with zero attached hydrogens (tertiary/aromatic N) is 1. The van der Waals surface area contributed by atoms with Gasteiger partial charge in [-0.2, -0.15) is 0 Å². The van der Waals surface area contributed by atoms with E-state index in [2.05, 4.69) is 5.32 Å². The van der Waals surface area contributed by atoms with E-state index in [1.165, 1.54) is 6.08 Å². The second-order valence-electron chi connectivity index (χ2n) is 6.12. The highest BCUT2D eigenvalue weighted by Gasteiger charge is 2.33. The maximum absolute atomic E-state index is 12.8. The van der Waals surface area contributed by atoms with Crippen molar-refractivity contribution in [1.29, 1.82) is 0 Å². The first-order valence-corrected chi connectivity index (χ1v) is 8.67. The van der Waals surface area contributed by atoms with Crippen molar-refractivity contribution >= 4 is 17.9 Å². The van der Waals surface area contributed by atoms with Gasteiger partial charge in [0.15, 0.2) is 0 Å². The predicted molar refractivity (Wildman–Crippen MR) is 102 cm³/mol. The summed E-state index contributed by atoms with van der Waals surface area (Å²) in [6.45, 7) is 0.893. The van der Waals surface area contributed by atoms with Gasteiger partial charge >= 0.3 is 0 Å². The zero-order valence-electron chi connectivity index (χ0n) is 15.3. The lowest BCUT2D eigenvalue weighted by molar-refractivity contribution is -0.140. The highest BCUT2D eigenvalue weighted by Crippen LogP contribution is 2.25. The number of ether oxygens (including phenoxy) is 2. The average Bonchev–Trinajstić information content (AvgIpc) is 2.72. The van der Waals surface area contributed by atoms with Gasteiger partial charge in [-0.3, -0.25) is 9.59 Å². The standard InChI is InChI=1S/C21H22N2O4/c1-26-17-12-15(13-18(14-17)27-2)8-9-19(24)23-11-10-22-21(25)20(23)16-6-4-3-5-7-16/h3-9,12-14,20H,10-11H2,1-2H3,(H,22,25)/b9-8+/t20-/m0/s1. The molecule has 0 aromatic heterocycles. The number of piperazine rings is 1. The number of hydrogen-bond donors (Lipinski definition) is 1. The maximum atomic E-state index is 12.8. The van der Waals surface area contributed by atoms with Crippen LogP contribution >= 0.6 is 0 Å². The molecule has 27 heavy (non-hydrogen) atoms. The van der Waals surface area contributed by atoms with Gasteiger partial charge in [-0.1, -0.05) is 30.3 Å². The Morgan fingerprint density at radius 3 is 2.41 bits per heavy atom. The van der Waals surface area contributed by atoms with E-state index in [1.54, 1.807) is 31.3 Å². The van der Waals surface area contributed by atoms with E-state index >= 15 is 0 Å². The molecule has 1 aliphatic rings. The molecule has 0 unspecified atom stereocenters. The van der Waals surface area contributed by atoms with Crippen LogP contribution < -0.4 is 14.8 Å². The number of methoxy groups -OCH3 is 2. The maximum Gasteiger partial charge on any atom is 0.247 e. The van der Waals surface area contributed by atoms with Crippen molar-refractivity contribution in [2.24, 2.45) is 0 Å². The normalized spacial score (nSPS) is 16.9. The van der Waals surface area contributed by atoms with Crippen molar-refractivity contribution in [1.82, 2.24) is 10.2 Å². The summed E-state index contributed by atoms with van der Waals surface area (Å²) in [5, 5.41) is 2.83. The van der Waals surface area contributed by atoms with Crippen molar-refractivity contribution in [3.05, 3.63) is 65.7 Å². The summed E-state index contributed by atoms with van der Waals surface area (Å²) in [4.78, 5) is 26.8. The number of carbonyl (C=O) groups is 2. The molecule has 2 aromatic carbocycles. The molecule has 6 nitrogen and oxygen atoms in total. The second kappa shape index (κ2) is 8.40. The zero-order chi connectivity index (χ0) is 19.2. The molecule has 3 rings (SSSR count). The predicted octanol–water partition coefficient (Wildman–Crippen LogP) is 2.42. The minimum Gasteiger partial charge on any atom is -0.497 e. The highest BCUT2D eigenvalue weighted by atomic mass is 16.5. The van der Waals surface area contributed by atoms with Crippen LogP contribution in [0.25, 0.3) is 6.08 Å². The second-order valence-corrected chi connectivity index (χ2v) is 6.12. The van der Waals surface area contributed by atoms with Crippen molar-refractivity contribution in [3.63, 3.8) is 0 Å². The monoisotopic (exact) mass is 366 g/mol. The number of carbonyl (C=O) groups excluding carboxylic acids is 2. The van der Waals surface area contributed by atoms with Gasteiger partial charge in [-0.05, 0) is 29.3 Å². The number of benzene rings is 2. The molecule has 2 aromatic rings. The minimum atomic E-state index is -0.628. The molecule has 0 spiro atoms. The first-order valence-electron chi connectivity index (χ1n) is 8.67. The van der Waals surface area contributed by atoms with Gasteiger partial charge < -0.3 is 19.7 Å². The lowest BCUT2D eigenvalue weighted by Gasteiger charge is -2.34. The Morgan fingerprint density at radius 1 is 1.11 bits per heavy atom. The molecule has 1 heterocycles. The van der Waals surface area contributed by atoms with Gasteiger partial charge in [0, 0.05) is 25.2 Å². The molecule has 140 valence electrons. The first-order chi connectivity index (χ1) is 13.1. The van der Waals surface area contributed by atoms with Crippen molar-refractivity contribution in [3.8, 4) is 11.5 Å². The third-order valence-electron chi connectivity index (χ3n) is 4.40. The smallest absolute Gasteiger partial charge is 0.247 e. The minimum absolute atomic E-state index is 0.169. The molecule has 0 saturated carbocycles. The quantitative estimate of drug-likeness (QED) is 0.826. The van der Waals surface area contributed by atoms with Crippen LogP contribution in [0.2, 0.25) is 0 Å². The molecule has 2 amide bonds. The number of amides is 2. The molecule has 6 heteroatoms. The fraction of sp³-hybridized carbons (Fsp3) is 0.238. The number of hydrogen-bond acceptors (Lipinski definition) is 4. The van der Waals surface area contributed by atoms with Crippen LogP contribution in [0.3, 0.4) is 0 Å². The van der Waals surface area contributed by atoms with E-state index in [0.717, 1.165) is 11.1 Å². The van der Waals surface area contributed by atoms with E-state index in [0.29, 0.717) is 24.6 Å². The SMILES string of the molecule is COc1cc(/C=C/C(=O)N2CCNC(=O)[C@@H]2c2ccccc2)cc(OC)c1. The van der Waals surface area contributed by atoms with Gasteiger partial charge in [0.2, 0.25) is 11.8 Å². The summed E-state index contributed by atoms with van der Waals surface area (Å²) >= 11 is 0. The third kappa shape index (κ3) is 4.28. The van der Waals surface area contributed by atoms with E-state index in [4.69, 9.17) is 9.47 Å². The van der Waals surface area contributed by atoms with Crippen LogP contribution in [0, 0.1) is 0 Å². The summed E-state index contributed by atoms with van der Waals surface area (Å²) in [6, 6.07) is 14.1. The molecule has 1 atom stereocenters. The zero-order valence-corrected chi connectivity index (χ0v) is 15.3. The Hall–Kier alpha value is -3.28. The first kappa shape index (κ1) is 18.5. The van der Waals surface area contributed by atoms with Gasteiger partial charge in [0.1, 0.15) is 17.5 Å². The van der Waals surface area contributed by atoms with Crippen molar-refractivity contribution < 1.29 is 19.1 Å². The van der Waals surface area contributed by atoms with E-state index in [1.807, 2.05) is 42.5 Å². The van der Waals surface area contributed by atoms with Crippen LogP contribution in [-0.4, -0.2) is 44.0 Å². The van der Waals surface area contributed by atoms with E-state index < -0.39 is 6.04 Å². The third-order valence-corrected chi connectivity index (χ3v) is 4.40. The summed E-state index contributed by atoms with van der Waals surface area (Å²) in [7, 11) is 3.15. The molecule has 0 bridgehead atoms. The highest BCUT2D eigenvalue weighted by molar-refractivity contribution is 5.96. The summed E-state index contributed by atoms with van der Waals surface area (Å²) in [5.41, 5.74) is 1.57. The molecule has 0 radical (unpaired) electrons. The Labute approximate surface area is 158 Å². The molecule has 1 aliphatic heterocycles. The van der Waals surface area contributed by atoms with E-state index in [-0.39, 0.29) is 11.8 Å². The molecular formula is C21H22N2O4. The Balaban J connectivity index is 1.83. The average molecular weight is 366 g/mol. The molecular weight excluding hydrogens is 344 g/mol. The van der Waals surface area contributed by atoms with Gasteiger partial charge in [0.05, 0.1) is 14.2 Å². The summed E-state index contributed by atoms with van der Waals surface area (Å²) in [5.74, 6) is 0.889.